The molecule has 0 aliphatic rings. The van der Waals surface area contributed by atoms with Crippen molar-refractivity contribution in [2.24, 2.45) is 0 Å². The van der Waals surface area contributed by atoms with E-state index in [1.165, 1.54) is 17.8 Å². The standard InChI is InChI=1S/C18H20FNO3S/c1-12(24-17-7-5-4-6-14(17)19)18(21)20-11-13-8-9-15(22-2)16(10-13)23-3/h4-10,12H,11H2,1-3H3,(H,20,21). The smallest absolute Gasteiger partial charge is 0.233 e. The summed E-state index contributed by atoms with van der Waals surface area (Å²) in [7, 11) is 3.13. The van der Waals surface area contributed by atoms with Gasteiger partial charge in [-0.1, -0.05) is 18.2 Å². The Hall–Kier alpha value is -2.21. The fourth-order valence-electron chi connectivity index (χ4n) is 2.11. The summed E-state index contributed by atoms with van der Waals surface area (Å²) in [6.45, 7) is 2.11. The summed E-state index contributed by atoms with van der Waals surface area (Å²) in [5.74, 6) is 0.772. The predicted octanol–water partition coefficient (Wildman–Crippen LogP) is 3.64. The lowest BCUT2D eigenvalue weighted by Gasteiger charge is -2.13. The molecular formula is C18H20FNO3S. The molecule has 0 saturated heterocycles. The molecule has 6 heteroatoms. The van der Waals surface area contributed by atoms with Crippen molar-refractivity contribution >= 4 is 17.7 Å². The minimum Gasteiger partial charge on any atom is -0.493 e. The monoisotopic (exact) mass is 349 g/mol. The zero-order valence-electron chi connectivity index (χ0n) is 13.8. The zero-order valence-corrected chi connectivity index (χ0v) is 14.7. The molecule has 4 nitrogen and oxygen atoms in total. The summed E-state index contributed by atoms with van der Waals surface area (Å²) in [5, 5.41) is 2.45. The molecule has 1 N–H and O–H groups in total. The van der Waals surface area contributed by atoms with E-state index in [4.69, 9.17) is 9.47 Å². The van der Waals surface area contributed by atoms with E-state index in [1.807, 2.05) is 12.1 Å². The van der Waals surface area contributed by atoms with Crippen LogP contribution >= 0.6 is 11.8 Å². The molecule has 1 amide bonds. The molecule has 1 atom stereocenters. The van der Waals surface area contributed by atoms with Gasteiger partial charge in [-0.05, 0) is 36.8 Å². The molecule has 0 radical (unpaired) electrons. The number of amides is 1. The van der Waals surface area contributed by atoms with Crippen LogP contribution in [0.15, 0.2) is 47.4 Å². The average Bonchev–Trinajstić information content (AvgIpc) is 2.61. The second kappa shape index (κ2) is 8.59. The number of benzene rings is 2. The van der Waals surface area contributed by atoms with E-state index in [0.29, 0.717) is 22.9 Å². The van der Waals surface area contributed by atoms with Crippen LogP contribution in [0.4, 0.5) is 4.39 Å². The number of rotatable bonds is 7. The molecule has 0 spiro atoms. The third kappa shape index (κ3) is 4.64. The Morgan fingerprint density at radius 3 is 2.54 bits per heavy atom. The number of nitrogens with one attached hydrogen (secondary N) is 1. The van der Waals surface area contributed by atoms with Crippen molar-refractivity contribution in [1.82, 2.24) is 5.32 Å². The number of ether oxygens (including phenoxy) is 2. The fourth-order valence-corrected chi connectivity index (χ4v) is 3.02. The second-order valence-electron chi connectivity index (χ2n) is 5.10. The molecule has 2 aromatic carbocycles. The Kier molecular flexibility index (Phi) is 6.49. The van der Waals surface area contributed by atoms with Crippen molar-refractivity contribution < 1.29 is 18.7 Å². The Morgan fingerprint density at radius 1 is 1.17 bits per heavy atom. The van der Waals surface area contributed by atoms with Crippen molar-refractivity contribution in [3.05, 3.63) is 53.8 Å². The lowest BCUT2D eigenvalue weighted by atomic mass is 10.2. The minimum atomic E-state index is -0.401. The molecular weight excluding hydrogens is 329 g/mol. The van der Waals surface area contributed by atoms with E-state index in [1.54, 1.807) is 45.4 Å². The molecule has 0 saturated carbocycles. The zero-order chi connectivity index (χ0) is 17.5. The predicted molar refractivity (Wildman–Crippen MR) is 93.1 cm³/mol. The van der Waals surface area contributed by atoms with Gasteiger partial charge >= 0.3 is 0 Å². The third-order valence-electron chi connectivity index (χ3n) is 3.42. The van der Waals surface area contributed by atoms with Gasteiger partial charge in [-0.2, -0.15) is 0 Å². The van der Waals surface area contributed by atoms with Gasteiger partial charge in [-0.15, -0.1) is 11.8 Å². The number of hydrogen-bond acceptors (Lipinski definition) is 4. The van der Waals surface area contributed by atoms with Gasteiger partial charge in [0.15, 0.2) is 11.5 Å². The van der Waals surface area contributed by atoms with Crippen LogP contribution in [0.1, 0.15) is 12.5 Å². The number of halogens is 1. The average molecular weight is 349 g/mol. The molecule has 0 fully saturated rings. The normalized spacial score (nSPS) is 11.7. The van der Waals surface area contributed by atoms with E-state index in [9.17, 15) is 9.18 Å². The second-order valence-corrected chi connectivity index (χ2v) is 6.48. The molecule has 24 heavy (non-hydrogen) atoms. The van der Waals surface area contributed by atoms with Gasteiger partial charge in [-0.3, -0.25) is 4.79 Å². The fraction of sp³-hybridized carbons (Fsp3) is 0.278. The number of carbonyl (C=O) groups is 1. The highest BCUT2D eigenvalue weighted by Gasteiger charge is 2.16. The van der Waals surface area contributed by atoms with Crippen molar-refractivity contribution in [3.63, 3.8) is 0 Å². The molecule has 0 heterocycles. The molecule has 0 aromatic heterocycles. The topological polar surface area (TPSA) is 47.6 Å². The van der Waals surface area contributed by atoms with Gasteiger partial charge in [0.25, 0.3) is 0 Å². The Morgan fingerprint density at radius 2 is 1.88 bits per heavy atom. The van der Waals surface area contributed by atoms with E-state index in [0.717, 1.165) is 5.56 Å². The minimum absolute atomic E-state index is 0.155. The van der Waals surface area contributed by atoms with E-state index in [-0.39, 0.29) is 11.7 Å². The number of thioether (sulfide) groups is 1. The maximum atomic E-state index is 13.6. The molecule has 2 aromatic rings. The highest BCUT2D eigenvalue weighted by atomic mass is 32.2. The quantitative estimate of drug-likeness (QED) is 0.776. The van der Waals surface area contributed by atoms with Gasteiger partial charge in [-0.25, -0.2) is 4.39 Å². The molecule has 2 rings (SSSR count). The summed E-state index contributed by atoms with van der Waals surface area (Å²) >= 11 is 1.20. The highest BCUT2D eigenvalue weighted by Crippen LogP contribution is 2.28. The van der Waals surface area contributed by atoms with Crippen LogP contribution in [0.3, 0.4) is 0 Å². The van der Waals surface area contributed by atoms with Crippen molar-refractivity contribution in [2.75, 3.05) is 14.2 Å². The van der Waals surface area contributed by atoms with E-state index >= 15 is 0 Å². The van der Waals surface area contributed by atoms with Crippen molar-refractivity contribution in [2.45, 2.75) is 23.6 Å². The van der Waals surface area contributed by atoms with E-state index in [2.05, 4.69) is 5.32 Å². The van der Waals surface area contributed by atoms with Crippen molar-refractivity contribution in [3.8, 4) is 11.5 Å². The lowest BCUT2D eigenvalue weighted by molar-refractivity contribution is -0.120. The van der Waals surface area contributed by atoms with Gasteiger partial charge < -0.3 is 14.8 Å². The van der Waals surface area contributed by atoms with Crippen molar-refractivity contribution in [1.29, 1.82) is 0 Å². The molecule has 1 unspecified atom stereocenters. The van der Waals surface area contributed by atoms with Gasteiger partial charge in [0.05, 0.1) is 19.5 Å². The van der Waals surface area contributed by atoms with Crippen LogP contribution in [0.5, 0.6) is 11.5 Å². The van der Waals surface area contributed by atoms with Crippen LogP contribution in [-0.2, 0) is 11.3 Å². The molecule has 0 aliphatic heterocycles. The van der Waals surface area contributed by atoms with Crippen LogP contribution in [0.2, 0.25) is 0 Å². The molecule has 0 bridgehead atoms. The Bertz CT molecular complexity index is 708. The first-order valence-electron chi connectivity index (χ1n) is 7.45. The van der Waals surface area contributed by atoms with Crippen LogP contribution in [-0.4, -0.2) is 25.4 Å². The van der Waals surface area contributed by atoms with Crippen LogP contribution in [0, 0.1) is 5.82 Å². The first kappa shape index (κ1) is 18.1. The lowest BCUT2D eigenvalue weighted by Crippen LogP contribution is -2.30. The van der Waals surface area contributed by atoms with Crippen LogP contribution in [0.25, 0.3) is 0 Å². The number of hydrogen-bond donors (Lipinski definition) is 1. The van der Waals surface area contributed by atoms with Crippen LogP contribution < -0.4 is 14.8 Å². The maximum Gasteiger partial charge on any atom is 0.233 e. The summed E-state index contributed by atoms with van der Waals surface area (Å²) in [4.78, 5) is 12.7. The Labute approximate surface area is 145 Å². The summed E-state index contributed by atoms with van der Waals surface area (Å²) in [5.41, 5.74) is 0.893. The highest BCUT2D eigenvalue weighted by molar-refractivity contribution is 8.00. The maximum absolute atomic E-state index is 13.6. The first-order chi connectivity index (χ1) is 11.5. The SMILES string of the molecule is COc1ccc(CNC(=O)C(C)Sc2ccccc2F)cc1OC. The molecule has 128 valence electrons. The Balaban J connectivity index is 1.94. The van der Waals surface area contributed by atoms with Gasteiger partial charge in [0.1, 0.15) is 5.82 Å². The third-order valence-corrected chi connectivity index (χ3v) is 4.58. The van der Waals surface area contributed by atoms with Gasteiger partial charge in [0.2, 0.25) is 5.91 Å². The number of methoxy groups -OCH3 is 2. The summed E-state index contributed by atoms with van der Waals surface area (Å²) in [6.07, 6.45) is 0. The summed E-state index contributed by atoms with van der Waals surface area (Å²) < 4.78 is 24.1. The van der Waals surface area contributed by atoms with Gasteiger partial charge in [0, 0.05) is 11.4 Å². The summed E-state index contributed by atoms with van der Waals surface area (Å²) in [6, 6.07) is 11.9. The first-order valence-corrected chi connectivity index (χ1v) is 8.33. The molecule has 0 aliphatic carbocycles. The number of carbonyl (C=O) groups excluding carboxylic acids is 1. The largest absolute Gasteiger partial charge is 0.493 e. The van der Waals surface area contributed by atoms with E-state index < -0.39 is 5.25 Å².